The second-order valence-electron chi connectivity index (χ2n) is 4.16. The molecule has 0 amide bonds. The minimum absolute atomic E-state index is 0.150. The number of hydrogen-bond donors (Lipinski definition) is 0. The summed E-state index contributed by atoms with van der Waals surface area (Å²) in [6.07, 6.45) is 6.69. The lowest BCUT2D eigenvalue weighted by Gasteiger charge is -2.12. The number of rotatable bonds is 5. The molecule has 0 saturated heterocycles. The van der Waals surface area contributed by atoms with Gasteiger partial charge in [-0.15, -0.1) is 11.8 Å². The molecular formula is C12H17NO2S. The smallest absolute Gasteiger partial charge is 0.214 e. The Morgan fingerprint density at radius 3 is 2.75 bits per heavy atom. The quantitative estimate of drug-likeness (QED) is 0.739. The summed E-state index contributed by atoms with van der Waals surface area (Å²) in [6.45, 7) is 3.99. The molecule has 1 heterocycles. The van der Waals surface area contributed by atoms with Crippen molar-refractivity contribution in [1.29, 1.82) is 0 Å². The van der Waals surface area contributed by atoms with Crippen LogP contribution in [0.1, 0.15) is 26.7 Å². The van der Waals surface area contributed by atoms with E-state index in [1.54, 1.807) is 18.0 Å². The third-order valence-electron chi connectivity index (χ3n) is 2.20. The van der Waals surface area contributed by atoms with Crippen molar-refractivity contribution in [3.63, 3.8) is 0 Å². The number of thioether (sulfide) groups is 1. The summed E-state index contributed by atoms with van der Waals surface area (Å²) >= 11 is 1.66. The SMILES string of the molecule is CSc1cc(OC(C)C)ncc1OC1CC1. The fraction of sp³-hybridized carbons (Fsp3) is 0.583. The van der Waals surface area contributed by atoms with Crippen molar-refractivity contribution in [3.8, 4) is 11.6 Å². The van der Waals surface area contributed by atoms with Crippen LogP contribution in [0.15, 0.2) is 17.2 Å². The largest absolute Gasteiger partial charge is 0.488 e. The molecule has 0 atom stereocenters. The lowest BCUT2D eigenvalue weighted by atomic mass is 10.4. The van der Waals surface area contributed by atoms with Crippen molar-refractivity contribution in [3.05, 3.63) is 12.3 Å². The number of hydrogen-bond acceptors (Lipinski definition) is 4. The Morgan fingerprint density at radius 2 is 2.19 bits per heavy atom. The normalized spacial score (nSPS) is 15.2. The van der Waals surface area contributed by atoms with Crippen molar-refractivity contribution >= 4 is 11.8 Å². The molecule has 0 spiro atoms. The first-order valence-corrected chi connectivity index (χ1v) is 6.79. The number of ether oxygens (including phenoxy) is 2. The van der Waals surface area contributed by atoms with Crippen LogP contribution in [0.4, 0.5) is 0 Å². The molecule has 1 aromatic rings. The highest BCUT2D eigenvalue weighted by molar-refractivity contribution is 7.98. The van der Waals surface area contributed by atoms with Gasteiger partial charge in [-0.05, 0) is 32.9 Å². The second kappa shape index (κ2) is 4.95. The molecule has 4 heteroatoms. The van der Waals surface area contributed by atoms with Gasteiger partial charge >= 0.3 is 0 Å². The van der Waals surface area contributed by atoms with Gasteiger partial charge in [0.05, 0.1) is 23.3 Å². The van der Waals surface area contributed by atoms with Crippen molar-refractivity contribution in [1.82, 2.24) is 4.98 Å². The third kappa shape index (κ3) is 3.04. The summed E-state index contributed by atoms with van der Waals surface area (Å²) in [5.41, 5.74) is 0. The fourth-order valence-electron chi connectivity index (χ4n) is 1.33. The van der Waals surface area contributed by atoms with Crippen LogP contribution in [0.25, 0.3) is 0 Å². The van der Waals surface area contributed by atoms with Crippen LogP contribution >= 0.6 is 11.8 Å². The summed E-state index contributed by atoms with van der Waals surface area (Å²) in [6, 6.07) is 1.95. The highest BCUT2D eigenvalue weighted by atomic mass is 32.2. The summed E-state index contributed by atoms with van der Waals surface area (Å²) in [4.78, 5) is 5.34. The molecule has 0 unspecified atom stereocenters. The van der Waals surface area contributed by atoms with Gasteiger partial charge in [-0.1, -0.05) is 0 Å². The molecule has 0 bridgehead atoms. The maximum atomic E-state index is 5.77. The molecule has 88 valence electrons. The van der Waals surface area contributed by atoms with Crippen molar-refractivity contribution < 1.29 is 9.47 Å². The Labute approximate surface area is 101 Å². The lowest BCUT2D eigenvalue weighted by Crippen LogP contribution is -2.07. The maximum absolute atomic E-state index is 5.77. The van der Waals surface area contributed by atoms with Gasteiger partial charge in [0.15, 0.2) is 5.75 Å². The van der Waals surface area contributed by atoms with E-state index in [4.69, 9.17) is 9.47 Å². The molecule has 1 fully saturated rings. The van der Waals surface area contributed by atoms with E-state index in [-0.39, 0.29) is 6.10 Å². The molecule has 1 aliphatic rings. The Hall–Kier alpha value is -0.900. The molecule has 2 rings (SSSR count). The zero-order valence-corrected chi connectivity index (χ0v) is 10.7. The van der Waals surface area contributed by atoms with Crippen LogP contribution in [-0.4, -0.2) is 23.4 Å². The number of aromatic nitrogens is 1. The Kier molecular flexibility index (Phi) is 3.59. The number of pyridine rings is 1. The van der Waals surface area contributed by atoms with Gasteiger partial charge in [0.1, 0.15) is 0 Å². The molecule has 0 aliphatic heterocycles. The van der Waals surface area contributed by atoms with Gasteiger partial charge < -0.3 is 9.47 Å². The highest BCUT2D eigenvalue weighted by Crippen LogP contribution is 2.34. The van der Waals surface area contributed by atoms with Crippen LogP contribution < -0.4 is 9.47 Å². The third-order valence-corrected chi connectivity index (χ3v) is 2.96. The van der Waals surface area contributed by atoms with E-state index < -0.39 is 0 Å². The summed E-state index contributed by atoms with van der Waals surface area (Å²) in [5.74, 6) is 1.55. The van der Waals surface area contributed by atoms with Gasteiger partial charge in [-0.25, -0.2) is 4.98 Å². The zero-order chi connectivity index (χ0) is 11.5. The zero-order valence-electron chi connectivity index (χ0n) is 9.90. The molecule has 0 radical (unpaired) electrons. The van der Waals surface area contributed by atoms with E-state index >= 15 is 0 Å². The van der Waals surface area contributed by atoms with E-state index in [2.05, 4.69) is 4.98 Å². The average molecular weight is 239 g/mol. The van der Waals surface area contributed by atoms with Crippen molar-refractivity contribution in [2.24, 2.45) is 0 Å². The average Bonchev–Trinajstić information content (AvgIpc) is 3.03. The summed E-state index contributed by atoms with van der Waals surface area (Å²) in [7, 11) is 0. The molecule has 1 aliphatic carbocycles. The van der Waals surface area contributed by atoms with Crippen molar-refractivity contribution in [2.45, 2.75) is 43.8 Å². The Bertz CT molecular complexity index is 364. The van der Waals surface area contributed by atoms with E-state index in [1.165, 1.54) is 0 Å². The molecule has 16 heavy (non-hydrogen) atoms. The van der Waals surface area contributed by atoms with Crippen LogP contribution in [-0.2, 0) is 0 Å². The highest BCUT2D eigenvalue weighted by Gasteiger charge is 2.24. The van der Waals surface area contributed by atoms with E-state index in [1.807, 2.05) is 26.2 Å². The first-order chi connectivity index (χ1) is 7.69. The van der Waals surface area contributed by atoms with Gasteiger partial charge in [-0.2, -0.15) is 0 Å². The minimum atomic E-state index is 0.150. The fourth-order valence-corrected chi connectivity index (χ4v) is 1.85. The predicted octanol–water partition coefficient (Wildman–Crippen LogP) is 3.13. The van der Waals surface area contributed by atoms with Gasteiger partial charge in [0, 0.05) is 6.07 Å². The Balaban J connectivity index is 2.12. The van der Waals surface area contributed by atoms with Gasteiger partial charge in [0.25, 0.3) is 0 Å². The first-order valence-electron chi connectivity index (χ1n) is 5.56. The summed E-state index contributed by atoms with van der Waals surface area (Å²) < 4.78 is 11.3. The van der Waals surface area contributed by atoms with Gasteiger partial charge in [0.2, 0.25) is 5.88 Å². The maximum Gasteiger partial charge on any atom is 0.214 e. The molecular weight excluding hydrogens is 222 g/mol. The van der Waals surface area contributed by atoms with E-state index in [9.17, 15) is 0 Å². The van der Waals surface area contributed by atoms with Crippen LogP contribution in [0.5, 0.6) is 11.6 Å². The van der Waals surface area contributed by atoms with Crippen LogP contribution in [0, 0.1) is 0 Å². The second-order valence-corrected chi connectivity index (χ2v) is 5.01. The monoisotopic (exact) mass is 239 g/mol. The lowest BCUT2D eigenvalue weighted by molar-refractivity contribution is 0.229. The predicted molar refractivity (Wildman–Crippen MR) is 65.4 cm³/mol. The first kappa shape index (κ1) is 11.6. The van der Waals surface area contributed by atoms with E-state index in [0.717, 1.165) is 23.5 Å². The number of nitrogens with zero attached hydrogens (tertiary/aromatic N) is 1. The summed E-state index contributed by atoms with van der Waals surface area (Å²) in [5, 5.41) is 0. The molecule has 1 saturated carbocycles. The standard InChI is InChI=1S/C12H17NO2S/c1-8(2)14-12-6-11(16-3)10(7-13-12)15-9-4-5-9/h6-9H,4-5H2,1-3H3. The van der Waals surface area contributed by atoms with Crippen LogP contribution in [0.2, 0.25) is 0 Å². The molecule has 0 N–H and O–H groups in total. The molecule has 3 nitrogen and oxygen atoms in total. The Morgan fingerprint density at radius 1 is 1.44 bits per heavy atom. The molecule has 1 aromatic heterocycles. The van der Waals surface area contributed by atoms with E-state index in [0.29, 0.717) is 12.0 Å². The van der Waals surface area contributed by atoms with Gasteiger partial charge in [-0.3, -0.25) is 0 Å². The molecule has 0 aromatic carbocycles. The van der Waals surface area contributed by atoms with Crippen molar-refractivity contribution in [2.75, 3.05) is 6.26 Å². The topological polar surface area (TPSA) is 31.4 Å². The minimum Gasteiger partial charge on any atom is -0.488 e. The van der Waals surface area contributed by atoms with Crippen LogP contribution in [0.3, 0.4) is 0 Å².